The number of nitrogens with one attached hydrogen (secondary N) is 1. The average Bonchev–Trinajstić information content (AvgIpc) is 3.46. The van der Waals surface area contributed by atoms with Gasteiger partial charge in [0.15, 0.2) is 0 Å². The van der Waals surface area contributed by atoms with Gasteiger partial charge in [-0.05, 0) is 122 Å². The van der Waals surface area contributed by atoms with E-state index in [4.69, 9.17) is 13.8 Å². The molecule has 0 aromatic heterocycles. The highest BCUT2D eigenvalue weighted by Crippen LogP contribution is 2.38. The third-order valence-corrected chi connectivity index (χ3v) is 15.0. The molecule has 3 unspecified atom stereocenters. The second-order valence-corrected chi connectivity index (χ2v) is 24.6. The summed E-state index contributed by atoms with van der Waals surface area (Å²) >= 11 is 0. The first-order chi connectivity index (χ1) is 40.4. The van der Waals surface area contributed by atoms with Crippen LogP contribution in [0.25, 0.3) is 0 Å². The van der Waals surface area contributed by atoms with E-state index >= 15 is 0 Å². The summed E-state index contributed by atoms with van der Waals surface area (Å²) in [4.78, 5) is 40.1. The van der Waals surface area contributed by atoms with Gasteiger partial charge in [0.2, 0.25) is 5.91 Å². The largest absolute Gasteiger partial charge is 0.756 e. The summed E-state index contributed by atoms with van der Waals surface area (Å²) in [6.07, 6.45) is 87.1. The number of phosphoric acid groups is 1. The summed E-state index contributed by atoms with van der Waals surface area (Å²) in [7, 11) is 1.14. The molecule has 0 aromatic carbocycles. The number of carbonyl (C=O) groups is 2. The minimum atomic E-state index is -4.72. The molecule has 0 aromatic rings. The Kier molecular flexibility index (Phi) is 58.4. The van der Waals surface area contributed by atoms with Crippen molar-refractivity contribution in [1.82, 2.24) is 5.32 Å². The molecule has 0 saturated carbocycles. The number of quaternary nitrogens is 1. The number of unbranched alkanes of at least 4 members (excludes halogenated alkanes) is 23. The van der Waals surface area contributed by atoms with Crippen LogP contribution in [0.4, 0.5) is 0 Å². The van der Waals surface area contributed by atoms with Crippen LogP contribution in [0.1, 0.15) is 265 Å². The summed E-state index contributed by atoms with van der Waals surface area (Å²) in [5.74, 6) is -0.592. The molecule has 0 heterocycles. The van der Waals surface area contributed by atoms with Gasteiger partial charge in [0.25, 0.3) is 7.82 Å². The van der Waals surface area contributed by atoms with E-state index in [0.717, 1.165) is 128 Å². The van der Waals surface area contributed by atoms with E-state index in [1.54, 1.807) is 0 Å². The van der Waals surface area contributed by atoms with E-state index in [2.05, 4.69) is 148 Å². The standard InChI is InChI=1S/C73H125N2O7P/c1-7-10-13-16-19-22-25-28-30-32-34-35-36-37-38-39-41-43-45-48-51-54-57-60-63-66-73(77)82-71(64-61-58-55-52-49-46-27-24-21-18-15-12-9-3)70(69-81-83(78,79)80-68-67-75(4,5)6)74-72(76)65-62-59-56-53-50-47-44-42-40-33-31-29-26-23-20-17-14-11-8-2/h10-11,13-14,19-20,22-23,28-31,34-35,37-38,40,42,47,50,61,64,70-71H,7-9,12,15-18,21,24-27,32-33,36,39,41,43-46,48-49,51-60,62-63,65-69H2,1-6H3,(H-,74,76,78,79)/b13-10-,14-11-,22-19-,23-20-,30-28-,31-29-,35-34-,38-37-,42-40-,50-47-,64-61-. The van der Waals surface area contributed by atoms with Crippen LogP contribution in [-0.4, -0.2) is 69.4 Å². The molecule has 0 saturated heterocycles. The molecular weight excluding hydrogens is 1050 g/mol. The highest BCUT2D eigenvalue weighted by atomic mass is 31.2. The van der Waals surface area contributed by atoms with Gasteiger partial charge in [0, 0.05) is 12.8 Å². The van der Waals surface area contributed by atoms with Crippen molar-refractivity contribution in [2.45, 2.75) is 277 Å². The number of nitrogens with zero attached hydrogens (tertiary/aromatic N) is 1. The lowest BCUT2D eigenvalue weighted by atomic mass is 10.0. The first-order valence-corrected chi connectivity index (χ1v) is 35.0. The zero-order valence-corrected chi connectivity index (χ0v) is 55.0. The number of phosphoric ester groups is 1. The monoisotopic (exact) mass is 1170 g/mol. The summed E-state index contributed by atoms with van der Waals surface area (Å²) < 4.78 is 30.4. The predicted octanol–water partition coefficient (Wildman–Crippen LogP) is 20.6. The molecule has 1 N–H and O–H groups in total. The molecule has 0 aliphatic heterocycles. The van der Waals surface area contributed by atoms with E-state index in [0.29, 0.717) is 23.9 Å². The van der Waals surface area contributed by atoms with Crippen molar-refractivity contribution >= 4 is 19.7 Å². The summed E-state index contributed by atoms with van der Waals surface area (Å²) in [5.41, 5.74) is 0. The molecule has 0 radical (unpaired) electrons. The van der Waals surface area contributed by atoms with Crippen LogP contribution in [0.2, 0.25) is 0 Å². The smallest absolute Gasteiger partial charge is 0.306 e. The van der Waals surface area contributed by atoms with Crippen molar-refractivity contribution in [1.29, 1.82) is 0 Å². The number of esters is 1. The minimum absolute atomic E-state index is 0.0371. The molecule has 83 heavy (non-hydrogen) atoms. The molecule has 9 nitrogen and oxygen atoms in total. The van der Waals surface area contributed by atoms with Crippen molar-refractivity contribution < 1.29 is 37.3 Å². The molecular formula is C73H125N2O7P. The van der Waals surface area contributed by atoms with Gasteiger partial charge in [-0.3, -0.25) is 14.2 Å². The van der Waals surface area contributed by atoms with E-state index in [1.807, 2.05) is 33.3 Å². The first kappa shape index (κ1) is 79.2. The molecule has 0 aliphatic rings. The van der Waals surface area contributed by atoms with E-state index < -0.39 is 26.6 Å². The zero-order chi connectivity index (χ0) is 60.7. The van der Waals surface area contributed by atoms with Gasteiger partial charge in [-0.1, -0.05) is 264 Å². The van der Waals surface area contributed by atoms with E-state index in [9.17, 15) is 19.0 Å². The number of carbonyl (C=O) groups excluding carboxylic acids is 2. The van der Waals surface area contributed by atoms with Crippen molar-refractivity contribution in [3.63, 3.8) is 0 Å². The molecule has 0 bridgehead atoms. The molecule has 10 heteroatoms. The Balaban J connectivity index is 5.25. The third-order valence-electron chi connectivity index (χ3n) is 14.1. The fraction of sp³-hybridized carbons (Fsp3) is 0.671. The van der Waals surface area contributed by atoms with Crippen molar-refractivity contribution in [2.24, 2.45) is 0 Å². The molecule has 0 fully saturated rings. The van der Waals surface area contributed by atoms with Crippen LogP contribution in [-0.2, 0) is 27.9 Å². The molecule has 0 aliphatic carbocycles. The Bertz CT molecular complexity index is 1880. The van der Waals surface area contributed by atoms with Gasteiger partial charge in [0.1, 0.15) is 19.3 Å². The lowest BCUT2D eigenvalue weighted by molar-refractivity contribution is -0.870. The van der Waals surface area contributed by atoms with Crippen LogP contribution in [0.3, 0.4) is 0 Å². The minimum Gasteiger partial charge on any atom is -0.756 e. The fourth-order valence-electron chi connectivity index (χ4n) is 8.99. The number of hydrogen-bond acceptors (Lipinski definition) is 7. The lowest BCUT2D eigenvalue weighted by Crippen LogP contribution is -2.47. The van der Waals surface area contributed by atoms with Crippen molar-refractivity contribution in [3.05, 3.63) is 134 Å². The van der Waals surface area contributed by atoms with E-state index in [-0.39, 0.29) is 31.3 Å². The lowest BCUT2D eigenvalue weighted by Gasteiger charge is -2.30. The first-order valence-electron chi connectivity index (χ1n) is 33.5. The van der Waals surface area contributed by atoms with Crippen LogP contribution in [0, 0.1) is 0 Å². The summed E-state index contributed by atoms with van der Waals surface area (Å²) in [6, 6.07) is -0.919. The quantitative estimate of drug-likeness (QED) is 0.0212. The summed E-state index contributed by atoms with van der Waals surface area (Å²) in [5, 5.41) is 3.01. The maximum absolute atomic E-state index is 13.6. The maximum atomic E-state index is 13.6. The van der Waals surface area contributed by atoms with Crippen molar-refractivity contribution in [3.8, 4) is 0 Å². The molecule has 3 atom stereocenters. The highest BCUT2D eigenvalue weighted by molar-refractivity contribution is 7.45. The molecule has 1 amide bonds. The Morgan fingerprint density at radius 1 is 0.434 bits per heavy atom. The Morgan fingerprint density at radius 3 is 1.17 bits per heavy atom. The number of rotatable bonds is 59. The van der Waals surface area contributed by atoms with Gasteiger partial charge >= 0.3 is 5.97 Å². The van der Waals surface area contributed by atoms with Crippen LogP contribution in [0.15, 0.2) is 134 Å². The number of ether oxygens (including phenoxy) is 1. The van der Waals surface area contributed by atoms with Crippen LogP contribution >= 0.6 is 7.82 Å². The molecule has 474 valence electrons. The molecule has 0 spiro atoms. The average molecular weight is 1170 g/mol. The Hall–Kier alpha value is -3.85. The third kappa shape index (κ3) is 62.5. The van der Waals surface area contributed by atoms with Crippen LogP contribution < -0.4 is 10.2 Å². The Morgan fingerprint density at radius 2 is 0.771 bits per heavy atom. The van der Waals surface area contributed by atoms with Gasteiger partial charge in [-0.15, -0.1) is 0 Å². The topological polar surface area (TPSA) is 114 Å². The second-order valence-electron chi connectivity index (χ2n) is 23.2. The van der Waals surface area contributed by atoms with Gasteiger partial charge in [-0.2, -0.15) is 0 Å². The van der Waals surface area contributed by atoms with Crippen LogP contribution in [0.5, 0.6) is 0 Å². The SMILES string of the molecule is CC/C=C\C/C=C\C/C=C\C/C=C\C/C=C\CCCCCCCCCCCC(=O)OC(/C=C\CCCCCCCCCCCCC)C(COP(=O)([O-])OCC[N+](C)(C)C)NC(=O)CCCCC/C=C\C/C=C\C/C=C\C/C=C\C/C=C\CC. The summed E-state index contributed by atoms with van der Waals surface area (Å²) in [6.45, 7) is 6.58. The number of hydrogen-bond donors (Lipinski definition) is 1. The number of allylic oxidation sites excluding steroid dienone is 21. The zero-order valence-electron chi connectivity index (χ0n) is 54.1. The second kappa shape index (κ2) is 61.2. The van der Waals surface area contributed by atoms with Gasteiger partial charge < -0.3 is 28.5 Å². The fourth-order valence-corrected chi connectivity index (χ4v) is 9.71. The van der Waals surface area contributed by atoms with Gasteiger partial charge in [-0.25, -0.2) is 0 Å². The Labute approximate surface area is 511 Å². The van der Waals surface area contributed by atoms with Crippen molar-refractivity contribution in [2.75, 3.05) is 40.9 Å². The van der Waals surface area contributed by atoms with E-state index in [1.165, 1.54) is 89.9 Å². The highest BCUT2D eigenvalue weighted by Gasteiger charge is 2.27. The number of likely N-dealkylation sites (N-methyl/N-ethyl adjacent to an activating group) is 1. The maximum Gasteiger partial charge on any atom is 0.306 e. The predicted molar refractivity (Wildman–Crippen MR) is 357 cm³/mol. The van der Waals surface area contributed by atoms with Gasteiger partial charge in [0.05, 0.1) is 33.8 Å². The number of amides is 1. The normalized spacial score (nSPS) is 14.4. The molecule has 0 rings (SSSR count).